The Morgan fingerprint density at radius 1 is 1.47 bits per heavy atom. The summed E-state index contributed by atoms with van der Waals surface area (Å²) in [7, 11) is 3.56. The van der Waals surface area contributed by atoms with Gasteiger partial charge in [-0.25, -0.2) is 4.68 Å². The molecule has 5 nitrogen and oxygen atoms in total. The summed E-state index contributed by atoms with van der Waals surface area (Å²) in [6.07, 6.45) is -0.00259. The summed E-state index contributed by atoms with van der Waals surface area (Å²) >= 11 is 0. The number of nitrogens with zero attached hydrogens (tertiary/aromatic N) is 2. The van der Waals surface area contributed by atoms with E-state index in [0.717, 1.165) is 18.1 Å². The Morgan fingerprint density at radius 3 is 2.65 bits per heavy atom. The van der Waals surface area contributed by atoms with Gasteiger partial charge < -0.3 is 14.8 Å². The van der Waals surface area contributed by atoms with E-state index in [4.69, 9.17) is 9.47 Å². The first-order valence-electron chi connectivity index (χ1n) is 5.92. The molecular formula is C12H23N3O2. The van der Waals surface area contributed by atoms with Crippen LogP contribution in [-0.2, 0) is 11.8 Å². The van der Waals surface area contributed by atoms with E-state index in [1.807, 2.05) is 20.0 Å². The van der Waals surface area contributed by atoms with Gasteiger partial charge in [-0.15, -0.1) is 0 Å². The zero-order chi connectivity index (χ0) is 12.8. The molecule has 1 N–H and O–H groups in total. The molecule has 0 spiro atoms. The van der Waals surface area contributed by atoms with Crippen molar-refractivity contribution in [2.75, 3.05) is 20.3 Å². The van der Waals surface area contributed by atoms with Crippen molar-refractivity contribution >= 4 is 0 Å². The average molecular weight is 241 g/mol. The molecule has 0 amide bonds. The Balaban J connectivity index is 2.56. The van der Waals surface area contributed by atoms with Crippen molar-refractivity contribution in [2.45, 2.75) is 32.9 Å². The summed E-state index contributed by atoms with van der Waals surface area (Å²) in [4.78, 5) is 0. The van der Waals surface area contributed by atoms with Crippen molar-refractivity contribution in [2.24, 2.45) is 7.05 Å². The van der Waals surface area contributed by atoms with Crippen molar-refractivity contribution < 1.29 is 9.47 Å². The van der Waals surface area contributed by atoms with Crippen LogP contribution < -0.4 is 10.1 Å². The first kappa shape index (κ1) is 14.0. The van der Waals surface area contributed by atoms with E-state index < -0.39 is 0 Å². The van der Waals surface area contributed by atoms with Gasteiger partial charge in [-0.05, 0) is 6.92 Å². The van der Waals surface area contributed by atoms with Crippen LogP contribution in [0.2, 0.25) is 0 Å². The van der Waals surface area contributed by atoms with E-state index in [0.29, 0.717) is 12.6 Å². The number of rotatable bonds is 7. The number of hydrogen-bond acceptors (Lipinski definition) is 4. The SMILES string of the molecule is COCC(CNC(C)C)Oc1cc(C)nn1C. The van der Waals surface area contributed by atoms with Gasteiger partial charge >= 0.3 is 0 Å². The maximum absolute atomic E-state index is 5.87. The van der Waals surface area contributed by atoms with Gasteiger partial charge in [0.25, 0.3) is 0 Å². The van der Waals surface area contributed by atoms with Gasteiger partial charge in [0.05, 0.1) is 12.3 Å². The lowest BCUT2D eigenvalue weighted by Crippen LogP contribution is -2.38. The first-order chi connectivity index (χ1) is 8.02. The van der Waals surface area contributed by atoms with Crippen LogP contribution in [0.3, 0.4) is 0 Å². The van der Waals surface area contributed by atoms with Crippen molar-refractivity contribution in [3.8, 4) is 5.88 Å². The smallest absolute Gasteiger partial charge is 0.212 e. The standard InChI is InChI=1S/C12H23N3O2/c1-9(2)13-7-11(8-16-5)17-12-6-10(3)14-15(12)4/h6,9,11,13H,7-8H2,1-5H3. The summed E-state index contributed by atoms with van der Waals surface area (Å²) in [5.41, 5.74) is 0.954. The second-order valence-electron chi connectivity index (χ2n) is 4.51. The number of methoxy groups -OCH3 is 1. The van der Waals surface area contributed by atoms with Gasteiger partial charge in [-0.2, -0.15) is 5.10 Å². The molecule has 98 valence electrons. The van der Waals surface area contributed by atoms with E-state index in [1.54, 1.807) is 11.8 Å². The Labute approximate surface area is 103 Å². The van der Waals surface area contributed by atoms with E-state index in [1.165, 1.54) is 0 Å². The molecule has 0 saturated carbocycles. The zero-order valence-corrected chi connectivity index (χ0v) is 11.4. The fourth-order valence-electron chi connectivity index (χ4n) is 1.56. The van der Waals surface area contributed by atoms with Crippen LogP contribution in [0.5, 0.6) is 5.88 Å². The first-order valence-corrected chi connectivity index (χ1v) is 5.92. The minimum absolute atomic E-state index is 0.00259. The Hall–Kier alpha value is -1.07. The Bertz CT molecular complexity index is 336. The maximum atomic E-state index is 5.87. The van der Waals surface area contributed by atoms with Crippen LogP contribution in [0.1, 0.15) is 19.5 Å². The minimum Gasteiger partial charge on any atom is -0.471 e. The van der Waals surface area contributed by atoms with Crippen LogP contribution in [0, 0.1) is 6.92 Å². The zero-order valence-electron chi connectivity index (χ0n) is 11.4. The third kappa shape index (κ3) is 4.75. The molecule has 0 aromatic carbocycles. The monoisotopic (exact) mass is 241 g/mol. The van der Waals surface area contributed by atoms with Gasteiger partial charge in [-0.3, -0.25) is 0 Å². The fourth-order valence-corrected chi connectivity index (χ4v) is 1.56. The molecule has 17 heavy (non-hydrogen) atoms. The molecule has 1 unspecified atom stereocenters. The van der Waals surface area contributed by atoms with E-state index >= 15 is 0 Å². The fraction of sp³-hybridized carbons (Fsp3) is 0.750. The lowest BCUT2D eigenvalue weighted by atomic mass is 10.3. The summed E-state index contributed by atoms with van der Waals surface area (Å²) in [6.45, 7) is 7.49. The third-order valence-corrected chi connectivity index (χ3v) is 2.35. The molecule has 0 bridgehead atoms. The van der Waals surface area contributed by atoms with E-state index in [-0.39, 0.29) is 6.10 Å². The molecule has 0 radical (unpaired) electrons. The highest BCUT2D eigenvalue weighted by Gasteiger charge is 2.13. The minimum atomic E-state index is -0.00259. The lowest BCUT2D eigenvalue weighted by Gasteiger charge is -2.20. The molecule has 1 aromatic rings. The molecule has 1 atom stereocenters. The highest BCUT2D eigenvalue weighted by molar-refractivity contribution is 5.14. The van der Waals surface area contributed by atoms with Gasteiger partial charge in [-0.1, -0.05) is 13.8 Å². The molecule has 0 aliphatic carbocycles. The van der Waals surface area contributed by atoms with E-state index in [9.17, 15) is 0 Å². The second kappa shape index (κ2) is 6.61. The topological polar surface area (TPSA) is 48.3 Å². The molecule has 1 rings (SSSR count). The van der Waals surface area contributed by atoms with Crippen LogP contribution in [0.4, 0.5) is 0 Å². The average Bonchev–Trinajstić information content (AvgIpc) is 2.54. The number of ether oxygens (including phenoxy) is 2. The van der Waals surface area contributed by atoms with Crippen LogP contribution in [0.15, 0.2) is 6.07 Å². The Kier molecular flexibility index (Phi) is 5.44. The molecule has 1 aromatic heterocycles. The third-order valence-electron chi connectivity index (χ3n) is 2.35. The molecule has 0 aliphatic rings. The predicted octanol–water partition coefficient (Wildman–Crippen LogP) is 1.12. The normalized spacial score (nSPS) is 13.1. The molecule has 0 aliphatic heterocycles. The van der Waals surface area contributed by atoms with Crippen molar-refractivity contribution in [3.63, 3.8) is 0 Å². The van der Waals surface area contributed by atoms with Gasteiger partial charge in [0.15, 0.2) is 0 Å². The van der Waals surface area contributed by atoms with E-state index in [2.05, 4.69) is 24.3 Å². The lowest BCUT2D eigenvalue weighted by molar-refractivity contribution is 0.0734. The number of aromatic nitrogens is 2. The van der Waals surface area contributed by atoms with Gasteiger partial charge in [0.1, 0.15) is 6.10 Å². The molecule has 0 saturated heterocycles. The summed E-state index contributed by atoms with van der Waals surface area (Å²) in [5.74, 6) is 0.773. The summed E-state index contributed by atoms with van der Waals surface area (Å²) in [5, 5.41) is 7.59. The maximum Gasteiger partial charge on any atom is 0.212 e. The Morgan fingerprint density at radius 2 is 2.18 bits per heavy atom. The van der Waals surface area contributed by atoms with Crippen molar-refractivity contribution in [1.82, 2.24) is 15.1 Å². The molecular weight excluding hydrogens is 218 g/mol. The molecule has 0 fully saturated rings. The summed E-state index contributed by atoms with van der Waals surface area (Å²) in [6, 6.07) is 2.36. The highest BCUT2D eigenvalue weighted by atomic mass is 16.5. The number of nitrogens with one attached hydrogen (secondary N) is 1. The summed E-state index contributed by atoms with van der Waals surface area (Å²) < 4.78 is 12.8. The molecule has 1 heterocycles. The number of hydrogen-bond donors (Lipinski definition) is 1. The second-order valence-corrected chi connectivity index (χ2v) is 4.51. The van der Waals surface area contributed by atoms with Crippen LogP contribution >= 0.6 is 0 Å². The largest absolute Gasteiger partial charge is 0.471 e. The molecule has 5 heteroatoms. The quantitative estimate of drug-likeness (QED) is 0.777. The van der Waals surface area contributed by atoms with Crippen LogP contribution in [-0.4, -0.2) is 42.2 Å². The van der Waals surface area contributed by atoms with Crippen molar-refractivity contribution in [1.29, 1.82) is 0 Å². The number of aryl methyl sites for hydroxylation is 2. The van der Waals surface area contributed by atoms with Gasteiger partial charge in [0.2, 0.25) is 5.88 Å². The predicted molar refractivity (Wildman–Crippen MR) is 67.4 cm³/mol. The highest BCUT2D eigenvalue weighted by Crippen LogP contribution is 2.13. The van der Waals surface area contributed by atoms with Crippen molar-refractivity contribution in [3.05, 3.63) is 11.8 Å². The van der Waals surface area contributed by atoms with Crippen LogP contribution in [0.25, 0.3) is 0 Å². The van der Waals surface area contributed by atoms with Gasteiger partial charge in [0, 0.05) is 32.8 Å².